The SMILES string of the molecule is CN(C)[C@@H]1C(=O)C(C(N)=O)=C(O)[C@@]2(O)C(=O)C3=C(O)c4c(O)c(NC(=O)CC5CCCC5)nc(F)c4C[C@H]3C[C@@H]12. The van der Waals surface area contributed by atoms with Gasteiger partial charge in [-0.1, -0.05) is 12.8 Å². The van der Waals surface area contributed by atoms with E-state index in [1.807, 2.05) is 0 Å². The smallest absolute Gasteiger partial charge is 0.255 e. The highest BCUT2D eigenvalue weighted by Gasteiger charge is 2.64. The Morgan fingerprint density at radius 3 is 2.42 bits per heavy atom. The van der Waals surface area contributed by atoms with Crippen molar-refractivity contribution in [1.82, 2.24) is 9.88 Å². The van der Waals surface area contributed by atoms with Crippen molar-refractivity contribution in [2.75, 3.05) is 19.4 Å². The third-order valence-corrected chi connectivity index (χ3v) is 8.74. The fourth-order valence-corrected chi connectivity index (χ4v) is 6.90. The molecule has 0 radical (unpaired) electrons. The first kappa shape index (κ1) is 27.7. The summed E-state index contributed by atoms with van der Waals surface area (Å²) < 4.78 is 15.3. The summed E-state index contributed by atoms with van der Waals surface area (Å²) in [5, 5.41) is 47.0. The van der Waals surface area contributed by atoms with E-state index in [0.29, 0.717) is 0 Å². The van der Waals surface area contributed by atoms with Crippen molar-refractivity contribution in [3.8, 4) is 5.75 Å². The molecule has 0 aromatic carbocycles. The van der Waals surface area contributed by atoms with Gasteiger partial charge in [-0.2, -0.15) is 9.37 Å². The molecule has 1 aromatic rings. The number of hydrogen-bond donors (Lipinski definition) is 6. The summed E-state index contributed by atoms with van der Waals surface area (Å²) in [6.07, 6.45) is 3.52. The van der Waals surface area contributed by atoms with Crippen molar-refractivity contribution in [2.24, 2.45) is 23.5 Å². The molecule has 2 amide bonds. The quantitative estimate of drug-likeness (QED) is 0.224. The van der Waals surface area contributed by atoms with Crippen molar-refractivity contribution in [3.63, 3.8) is 0 Å². The summed E-state index contributed by atoms with van der Waals surface area (Å²) in [6.45, 7) is 0. The molecule has 5 rings (SSSR count). The first-order chi connectivity index (χ1) is 18.8. The number of halogens is 1. The Bertz CT molecular complexity index is 1410. The van der Waals surface area contributed by atoms with Crippen LogP contribution in [0.4, 0.5) is 10.2 Å². The van der Waals surface area contributed by atoms with Gasteiger partial charge >= 0.3 is 0 Å². The molecule has 4 aliphatic carbocycles. The van der Waals surface area contributed by atoms with Crippen LogP contribution in [0.15, 0.2) is 16.9 Å². The number of fused-ring (bicyclic) bond motifs is 3. The number of amides is 2. The van der Waals surface area contributed by atoms with E-state index < -0.39 is 92.6 Å². The number of nitrogens with two attached hydrogens (primary N) is 1. The average molecular weight is 559 g/mol. The van der Waals surface area contributed by atoms with E-state index in [1.165, 1.54) is 19.0 Å². The molecule has 0 aliphatic heterocycles. The second-order valence-electron chi connectivity index (χ2n) is 11.3. The van der Waals surface area contributed by atoms with Crippen LogP contribution < -0.4 is 11.1 Å². The summed E-state index contributed by atoms with van der Waals surface area (Å²) in [4.78, 5) is 56.6. The van der Waals surface area contributed by atoms with Crippen molar-refractivity contribution >= 4 is 35.0 Å². The van der Waals surface area contributed by atoms with Crippen molar-refractivity contribution in [1.29, 1.82) is 0 Å². The number of ketones is 2. The van der Waals surface area contributed by atoms with E-state index >= 15 is 4.39 Å². The zero-order valence-electron chi connectivity index (χ0n) is 22.0. The van der Waals surface area contributed by atoms with Gasteiger partial charge in [0.1, 0.15) is 17.1 Å². The molecule has 7 N–H and O–H groups in total. The molecule has 4 atom stereocenters. The standard InChI is InChI=1S/C27H31FN4O8/c1-32(2)18-13-9-11-8-12-16(21(36)26(31-24(12)28)30-14(33)7-10-5-3-4-6-10)19(34)15(11)22(37)27(13,40)23(38)17(20(18)35)25(29)39/h10-11,13,18,34,36,38,40H,3-9H2,1-2H3,(H2,29,39)(H,30,31,33)/t11-,13-,18-,27-/m0/s1. The molecule has 40 heavy (non-hydrogen) atoms. The molecule has 0 spiro atoms. The number of aromatic nitrogens is 1. The van der Waals surface area contributed by atoms with Gasteiger partial charge in [-0.05, 0) is 51.6 Å². The molecule has 214 valence electrons. The molecule has 1 aromatic heterocycles. The molecule has 1 heterocycles. The van der Waals surface area contributed by atoms with Crippen LogP contribution >= 0.6 is 0 Å². The molecule has 12 nitrogen and oxygen atoms in total. The second-order valence-corrected chi connectivity index (χ2v) is 11.3. The van der Waals surface area contributed by atoms with Crippen LogP contribution in [0.25, 0.3) is 5.76 Å². The van der Waals surface area contributed by atoms with Crippen LogP contribution in [0.2, 0.25) is 0 Å². The Balaban J connectivity index is 1.60. The molecule has 0 unspecified atom stereocenters. The van der Waals surface area contributed by atoms with E-state index in [-0.39, 0.29) is 30.7 Å². The maximum atomic E-state index is 15.3. The third-order valence-electron chi connectivity index (χ3n) is 8.74. The minimum Gasteiger partial charge on any atom is -0.508 e. The van der Waals surface area contributed by atoms with Crippen LogP contribution in [0, 0.1) is 23.7 Å². The Kier molecular flexibility index (Phi) is 6.70. The van der Waals surface area contributed by atoms with Gasteiger partial charge in [-0.25, -0.2) is 0 Å². The van der Waals surface area contributed by atoms with Gasteiger partial charge in [-0.15, -0.1) is 0 Å². The number of aliphatic hydroxyl groups is 3. The van der Waals surface area contributed by atoms with Gasteiger partial charge in [0.05, 0.1) is 11.6 Å². The number of anilines is 1. The molecule has 2 fully saturated rings. The summed E-state index contributed by atoms with van der Waals surface area (Å²) >= 11 is 0. The Morgan fingerprint density at radius 1 is 1.18 bits per heavy atom. The Morgan fingerprint density at radius 2 is 1.82 bits per heavy atom. The number of carbonyl (C=O) groups is 4. The predicted octanol–water partition coefficient (Wildman–Crippen LogP) is 1.02. The molecule has 0 saturated heterocycles. The maximum Gasteiger partial charge on any atom is 0.255 e. The van der Waals surface area contributed by atoms with Gasteiger partial charge < -0.3 is 31.5 Å². The number of nitrogens with one attached hydrogen (secondary N) is 1. The highest BCUT2D eigenvalue weighted by molar-refractivity contribution is 6.24. The molecule has 0 bridgehead atoms. The lowest BCUT2D eigenvalue weighted by molar-refractivity contribution is -0.153. The van der Waals surface area contributed by atoms with Gasteiger partial charge in [0.15, 0.2) is 23.0 Å². The lowest BCUT2D eigenvalue weighted by atomic mass is 9.57. The van der Waals surface area contributed by atoms with Crippen LogP contribution in [0.5, 0.6) is 5.75 Å². The van der Waals surface area contributed by atoms with Crippen LogP contribution in [0.3, 0.4) is 0 Å². The molecule has 13 heteroatoms. The summed E-state index contributed by atoms with van der Waals surface area (Å²) in [6, 6.07) is -1.24. The zero-order chi connectivity index (χ0) is 29.3. The van der Waals surface area contributed by atoms with Gasteiger partial charge in [0.2, 0.25) is 17.6 Å². The molecule has 4 aliphatic rings. The van der Waals surface area contributed by atoms with Gasteiger partial charge in [0, 0.05) is 23.5 Å². The fourth-order valence-electron chi connectivity index (χ4n) is 6.90. The minimum atomic E-state index is -2.80. The summed E-state index contributed by atoms with van der Waals surface area (Å²) in [5.41, 5.74) is 0.478. The van der Waals surface area contributed by atoms with Crippen LogP contribution in [0.1, 0.15) is 49.7 Å². The topological polar surface area (TPSA) is 203 Å². The van der Waals surface area contributed by atoms with E-state index in [2.05, 4.69) is 10.3 Å². The lowest BCUT2D eigenvalue weighted by Gasteiger charge is -2.50. The van der Waals surface area contributed by atoms with E-state index in [4.69, 9.17) is 5.73 Å². The normalized spacial score (nSPS) is 28.5. The van der Waals surface area contributed by atoms with Crippen LogP contribution in [-0.4, -0.2) is 79.4 Å². The number of aliphatic hydroxyl groups excluding tert-OH is 2. The zero-order valence-corrected chi connectivity index (χ0v) is 22.0. The van der Waals surface area contributed by atoms with E-state index in [1.54, 1.807) is 0 Å². The Hall–Kier alpha value is -3.84. The number of pyridine rings is 1. The lowest BCUT2D eigenvalue weighted by Crippen LogP contribution is -2.65. The maximum absolute atomic E-state index is 15.3. The first-order valence-electron chi connectivity index (χ1n) is 13.1. The molecule has 2 saturated carbocycles. The van der Waals surface area contributed by atoms with Crippen LogP contribution in [-0.2, 0) is 25.6 Å². The van der Waals surface area contributed by atoms with Gasteiger partial charge in [-0.3, -0.25) is 24.1 Å². The Labute approximate surface area is 228 Å². The largest absolute Gasteiger partial charge is 0.508 e. The number of likely N-dealkylation sites (N-methyl/N-ethyl adjacent to an activating group) is 1. The van der Waals surface area contributed by atoms with Crippen molar-refractivity contribution in [2.45, 2.75) is 56.6 Å². The molecular formula is C27H31FN4O8. The number of rotatable bonds is 5. The number of hydrogen-bond acceptors (Lipinski definition) is 10. The number of carbonyl (C=O) groups excluding carboxylic acids is 4. The van der Waals surface area contributed by atoms with Gasteiger partial charge in [0.25, 0.3) is 5.91 Å². The first-order valence-corrected chi connectivity index (χ1v) is 13.1. The van der Waals surface area contributed by atoms with Crippen molar-refractivity contribution < 1.29 is 44.0 Å². The number of primary amides is 1. The number of nitrogens with zero attached hydrogens (tertiary/aromatic N) is 2. The summed E-state index contributed by atoms with van der Waals surface area (Å²) in [7, 11) is 2.97. The highest BCUT2D eigenvalue weighted by atomic mass is 19.1. The highest BCUT2D eigenvalue weighted by Crippen LogP contribution is 2.53. The predicted molar refractivity (Wildman–Crippen MR) is 137 cm³/mol. The number of Topliss-reactive ketones (excluding diaryl/α,β-unsaturated/α-hetero) is 2. The fraction of sp³-hybridized carbons (Fsp3) is 0.519. The minimum absolute atomic E-state index is 0.154. The average Bonchev–Trinajstić information content (AvgIpc) is 3.37. The summed E-state index contributed by atoms with van der Waals surface area (Å²) in [5.74, 6) is -10.4. The van der Waals surface area contributed by atoms with E-state index in [0.717, 1.165) is 25.7 Å². The second kappa shape index (κ2) is 9.66. The molecular weight excluding hydrogens is 527 g/mol. The van der Waals surface area contributed by atoms with E-state index in [9.17, 15) is 39.6 Å². The number of aromatic hydroxyl groups is 1. The monoisotopic (exact) mass is 558 g/mol. The third kappa shape index (κ3) is 3.98. The van der Waals surface area contributed by atoms with Crippen molar-refractivity contribution in [3.05, 3.63) is 34.0 Å².